The van der Waals surface area contributed by atoms with Gasteiger partial charge in [0.1, 0.15) is 0 Å². The summed E-state index contributed by atoms with van der Waals surface area (Å²) < 4.78 is 0. The highest BCUT2D eigenvalue weighted by Gasteiger charge is 2.11. The summed E-state index contributed by atoms with van der Waals surface area (Å²) in [6.07, 6.45) is 4.31. The fourth-order valence-corrected chi connectivity index (χ4v) is 4.27. The first-order valence-corrected chi connectivity index (χ1v) is 14.4. The summed E-state index contributed by atoms with van der Waals surface area (Å²) >= 11 is 0. The normalized spacial score (nSPS) is 10.2. The molecule has 6 rings (SSSR count). The van der Waals surface area contributed by atoms with E-state index in [1.165, 1.54) is 27.8 Å². The van der Waals surface area contributed by atoms with Gasteiger partial charge < -0.3 is 4.90 Å². The number of hydrogen-bond donors (Lipinski definition) is 0. The van der Waals surface area contributed by atoms with Gasteiger partial charge in [0.05, 0.1) is 0 Å². The van der Waals surface area contributed by atoms with Crippen LogP contribution in [-0.2, 0) is 0 Å². The summed E-state index contributed by atoms with van der Waals surface area (Å²) in [5, 5.41) is 0. The van der Waals surface area contributed by atoms with E-state index < -0.39 is 0 Å². The van der Waals surface area contributed by atoms with Crippen molar-refractivity contribution in [3.63, 3.8) is 0 Å². The molecular formula is C41H39N. The van der Waals surface area contributed by atoms with Crippen LogP contribution in [-0.4, -0.2) is 0 Å². The molecule has 0 aliphatic rings. The Kier molecular flexibility index (Phi) is 11.5. The van der Waals surface area contributed by atoms with Gasteiger partial charge in [-0.1, -0.05) is 162 Å². The van der Waals surface area contributed by atoms with E-state index in [0.29, 0.717) is 0 Å². The van der Waals surface area contributed by atoms with Crippen LogP contribution < -0.4 is 4.90 Å². The van der Waals surface area contributed by atoms with Crippen LogP contribution in [0.5, 0.6) is 0 Å². The predicted octanol–water partition coefficient (Wildman–Crippen LogP) is 11.6. The maximum atomic E-state index is 2.27. The van der Waals surface area contributed by atoms with Crippen LogP contribution in [0.1, 0.15) is 27.8 Å². The van der Waals surface area contributed by atoms with Crippen molar-refractivity contribution >= 4 is 29.2 Å². The third kappa shape index (κ3) is 9.80. The van der Waals surface area contributed by atoms with Gasteiger partial charge in [0.25, 0.3) is 0 Å². The topological polar surface area (TPSA) is 3.24 Å². The van der Waals surface area contributed by atoms with Crippen molar-refractivity contribution < 1.29 is 0 Å². The molecule has 42 heavy (non-hydrogen) atoms. The number of anilines is 3. The summed E-state index contributed by atoms with van der Waals surface area (Å²) in [7, 11) is 0. The van der Waals surface area contributed by atoms with Gasteiger partial charge in [-0.05, 0) is 68.3 Å². The fraction of sp³-hybridized carbons (Fsp3) is 0.0732. The summed E-state index contributed by atoms with van der Waals surface area (Å²) in [5.41, 5.74) is 9.77. The lowest BCUT2D eigenvalue weighted by Crippen LogP contribution is -2.09. The van der Waals surface area contributed by atoms with Crippen molar-refractivity contribution in [2.45, 2.75) is 20.8 Å². The molecule has 0 fully saturated rings. The average Bonchev–Trinajstić information content (AvgIpc) is 3.04. The fourth-order valence-electron chi connectivity index (χ4n) is 4.27. The second-order valence-corrected chi connectivity index (χ2v) is 10.2. The quantitative estimate of drug-likeness (QED) is 0.195. The number of aryl methyl sites for hydroxylation is 3. The Bertz CT molecular complexity index is 1510. The van der Waals surface area contributed by atoms with E-state index in [1.54, 1.807) is 0 Å². The lowest BCUT2D eigenvalue weighted by atomic mass is 10.1. The van der Waals surface area contributed by atoms with Crippen LogP contribution in [0, 0.1) is 20.8 Å². The Hall–Kier alpha value is -5.14. The first-order chi connectivity index (χ1) is 20.6. The molecular weight excluding hydrogens is 506 g/mol. The zero-order chi connectivity index (χ0) is 29.4. The first-order valence-electron chi connectivity index (χ1n) is 14.4. The Morgan fingerprint density at radius 2 is 0.595 bits per heavy atom. The Labute approximate surface area is 252 Å². The Morgan fingerprint density at radius 1 is 0.310 bits per heavy atom. The summed E-state index contributed by atoms with van der Waals surface area (Å²) in [6, 6.07) is 58.7. The van der Waals surface area contributed by atoms with E-state index in [2.05, 4.69) is 159 Å². The van der Waals surface area contributed by atoms with Gasteiger partial charge in [-0.2, -0.15) is 0 Å². The highest BCUT2D eigenvalue weighted by molar-refractivity contribution is 5.78. The molecule has 0 saturated heterocycles. The number of benzene rings is 6. The molecule has 0 radical (unpaired) electrons. The number of rotatable bonds is 5. The molecule has 208 valence electrons. The maximum absolute atomic E-state index is 2.27. The van der Waals surface area contributed by atoms with Crippen molar-refractivity contribution in [2.75, 3.05) is 4.90 Å². The molecule has 1 nitrogen and oxygen atoms in total. The van der Waals surface area contributed by atoms with E-state index in [-0.39, 0.29) is 0 Å². The van der Waals surface area contributed by atoms with Crippen LogP contribution in [0.4, 0.5) is 17.1 Å². The third-order valence-corrected chi connectivity index (χ3v) is 6.61. The molecule has 0 bridgehead atoms. The highest BCUT2D eigenvalue weighted by Crippen LogP contribution is 2.34. The maximum Gasteiger partial charge on any atom is 0.0462 e. The minimum absolute atomic E-state index is 1.14. The van der Waals surface area contributed by atoms with Gasteiger partial charge in [-0.3, -0.25) is 0 Å². The van der Waals surface area contributed by atoms with Gasteiger partial charge in [0.15, 0.2) is 0 Å². The van der Waals surface area contributed by atoms with Gasteiger partial charge in [0.2, 0.25) is 0 Å². The zero-order valence-corrected chi connectivity index (χ0v) is 24.8. The molecule has 0 spiro atoms. The van der Waals surface area contributed by atoms with Crippen molar-refractivity contribution in [2.24, 2.45) is 0 Å². The van der Waals surface area contributed by atoms with Crippen molar-refractivity contribution in [1.29, 1.82) is 0 Å². The Balaban J connectivity index is 0.000000235. The summed E-state index contributed by atoms with van der Waals surface area (Å²) in [4.78, 5) is 2.27. The van der Waals surface area contributed by atoms with Gasteiger partial charge in [-0.15, -0.1) is 0 Å². The average molecular weight is 546 g/mol. The molecule has 0 atom stereocenters. The highest BCUT2D eigenvalue weighted by atomic mass is 15.1. The second-order valence-electron chi connectivity index (χ2n) is 10.2. The molecule has 0 aromatic heterocycles. The summed E-state index contributed by atoms with van der Waals surface area (Å²) in [6.45, 7) is 6.28. The van der Waals surface area contributed by atoms with Crippen LogP contribution in [0.15, 0.2) is 170 Å². The standard InChI is InChI=1S/C27H23N.2C7H8/c1-22-12-14-23(15-13-22)16-17-24-18-20-27(21-19-24)28(25-8-4-2-5-9-25)26-10-6-3-7-11-26;2*1-7-5-3-2-4-6-7/h2-21H,1H3;2*2-6H,1H3/b17-16+;;. The molecule has 0 saturated carbocycles. The van der Waals surface area contributed by atoms with Crippen molar-refractivity contribution in [3.05, 3.63) is 198 Å². The van der Waals surface area contributed by atoms with Gasteiger partial charge >= 0.3 is 0 Å². The largest absolute Gasteiger partial charge is 0.311 e. The molecule has 1 heteroatoms. The predicted molar refractivity (Wildman–Crippen MR) is 184 cm³/mol. The molecule has 0 heterocycles. The van der Waals surface area contributed by atoms with Gasteiger partial charge in [-0.25, -0.2) is 0 Å². The van der Waals surface area contributed by atoms with Crippen molar-refractivity contribution in [1.82, 2.24) is 0 Å². The second kappa shape index (κ2) is 16.2. The minimum Gasteiger partial charge on any atom is -0.311 e. The smallest absolute Gasteiger partial charge is 0.0462 e. The lowest BCUT2D eigenvalue weighted by molar-refractivity contribution is 1.28. The Morgan fingerprint density at radius 3 is 0.929 bits per heavy atom. The van der Waals surface area contributed by atoms with E-state index in [4.69, 9.17) is 0 Å². The van der Waals surface area contributed by atoms with E-state index in [0.717, 1.165) is 17.1 Å². The molecule has 0 N–H and O–H groups in total. The number of para-hydroxylation sites is 2. The van der Waals surface area contributed by atoms with Gasteiger partial charge in [0, 0.05) is 17.1 Å². The van der Waals surface area contributed by atoms with Crippen LogP contribution in [0.25, 0.3) is 12.2 Å². The molecule has 0 aliphatic carbocycles. The van der Waals surface area contributed by atoms with E-state index in [9.17, 15) is 0 Å². The van der Waals surface area contributed by atoms with E-state index in [1.807, 2.05) is 48.5 Å². The van der Waals surface area contributed by atoms with E-state index >= 15 is 0 Å². The third-order valence-electron chi connectivity index (χ3n) is 6.61. The molecule has 0 aliphatic heterocycles. The van der Waals surface area contributed by atoms with Crippen LogP contribution in [0.2, 0.25) is 0 Å². The molecule has 6 aromatic carbocycles. The zero-order valence-electron chi connectivity index (χ0n) is 24.8. The molecule has 6 aromatic rings. The molecule has 0 unspecified atom stereocenters. The number of hydrogen-bond acceptors (Lipinski definition) is 1. The van der Waals surface area contributed by atoms with Crippen molar-refractivity contribution in [3.8, 4) is 0 Å². The number of nitrogens with zero attached hydrogens (tertiary/aromatic N) is 1. The van der Waals surface area contributed by atoms with Crippen LogP contribution >= 0.6 is 0 Å². The molecule has 0 amide bonds. The minimum atomic E-state index is 1.14. The SMILES string of the molecule is Cc1ccc(/C=C/c2ccc(N(c3ccccc3)c3ccccc3)cc2)cc1.Cc1ccccc1.Cc1ccccc1. The first kappa shape index (κ1) is 29.8. The lowest BCUT2D eigenvalue weighted by Gasteiger charge is -2.25. The monoisotopic (exact) mass is 545 g/mol. The summed E-state index contributed by atoms with van der Waals surface area (Å²) in [5.74, 6) is 0. The van der Waals surface area contributed by atoms with Crippen LogP contribution in [0.3, 0.4) is 0 Å².